The summed E-state index contributed by atoms with van der Waals surface area (Å²) in [5.74, 6) is 0.743. The van der Waals surface area contributed by atoms with Crippen molar-refractivity contribution in [3.63, 3.8) is 0 Å². The Morgan fingerprint density at radius 3 is 2.40 bits per heavy atom. The lowest BCUT2D eigenvalue weighted by atomic mass is 10.1. The second-order valence-corrected chi connectivity index (χ2v) is 11.5. The third kappa shape index (κ3) is 6.07. The predicted molar refractivity (Wildman–Crippen MR) is 147 cm³/mol. The largest absolute Gasteiger partial charge is 0.496 e. The lowest BCUT2D eigenvalue weighted by Crippen LogP contribution is -2.54. The van der Waals surface area contributed by atoms with Gasteiger partial charge in [0.25, 0.3) is 5.91 Å². The van der Waals surface area contributed by atoms with Crippen LogP contribution < -0.4 is 19.7 Å². The van der Waals surface area contributed by atoms with Gasteiger partial charge in [0.1, 0.15) is 11.8 Å². The zero-order chi connectivity index (χ0) is 29.0. The SMILES string of the molecule is COc1cc(C)c(S(=O)(=O)N(Cc2ccc3c(c2)OCO3)C(C(=O)NOCc2ccccc2)C(C)O)c(C)c1C. The van der Waals surface area contributed by atoms with Crippen molar-refractivity contribution in [3.8, 4) is 17.2 Å². The van der Waals surface area contributed by atoms with Gasteiger partial charge in [-0.1, -0.05) is 36.4 Å². The first kappa shape index (κ1) is 29.3. The van der Waals surface area contributed by atoms with Gasteiger partial charge in [0.2, 0.25) is 16.8 Å². The summed E-state index contributed by atoms with van der Waals surface area (Å²) in [7, 11) is -2.84. The smallest absolute Gasteiger partial charge is 0.264 e. The number of hydrogen-bond donors (Lipinski definition) is 2. The molecule has 11 heteroatoms. The summed E-state index contributed by atoms with van der Waals surface area (Å²) in [5, 5.41) is 10.8. The lowest BCUT2D eigenvalue weighted by molar-refractivity contribution is -0.142. The highest BCUT2D eigenvalue weighted by molar-refractivity contribution is 7.89. The lowest BCUT2D eigenvalue weighted by Gasteiger charge is -2.33. The van der Waals surface area contributed by atoms with Crippen molar-refractivity contribution in [2.75, 3.05) is 13.9 Å². The summed E-state index contributed by atoms with van der Waals surface area (Å²) in [6.45, 7) is 6.38. The zero-order valence-electron chi connectivity index (χ0n) is 23.1. The van der Waals surface area contributed by atoms with E-state index in [9.17, 15) is 18.3 Å². The highest BCUT2D eigenvalue weighted by Gasteiger charge is 2.41. The molecule has 2 N–H and O–H groups in total. The monoisotopic (exact) mass is 570 g/mol. The fraction of sp³-hybridized carbons (Fsp3) is 0.345. The van der Waals surface area contributed by atoms with E-state index in [2.05, 4.69) is 5.48 Å². The van der Waals surface area contributed by atoms with Crippen LogP contribution in [0.5, 0.6) is 17.2 Å². The summed E-state index contributed by atoms with van der Waals surface area (Å²) in [6.07, 6.45) is -1.39. The van der Waals surface area contributed by atoms with E-state index < -0.39 is 28.1 Å². The Morgan fingerprint density at radius 1 is 1.02 bits per heavy atom. The first-order valence-electron chi connectivity index (χ1n) is 12.7. The fourth-order valence-electron chi connectivity index (χ4n) is 4.72. The maximum Gasteiger partial charge on any atom is 0.264 e. The van der Waals surface area contributed by atoms with Gasteiger partial charge >= 0.3 is 0 Å². The molecule has 0 fully saturated rings. The molecule has 214 valence electrons. The summed E-state index contributed by atoms with van der Waals surface area (Å²) in [4.78, 5) is 18.9. The van der Waals surface area contributed by atoms with Crippen LogP contribution in [0.25, 0.3) is 0 Å². The molecule has 0 saturated carbocycles. The van der Waals surface area contributed by atoms with Crippen molar-refractivity contribution in [2.45, 2.75) is 57.9 Å². The van der Waals surface area contributed by atoms with Crippen molar-refractivity contribution in [1.29, 1.82) is 0 Å². The molecule has 4 rings (SSSR count). The third-order valence-electron chi connectivity index (χ3n) is 6.83. The van der Waals surface area contributed by atoms with Crippen LogP contribution in [-0.2, 0) is 32.8 Å². The quantitative estimate of drug-likeness (QED) is 0.336. The second kappa shape index (κ2) is 12.3. The van der Waals surface area contributed by atoms with E-state index in [-0.39, 0.29) is 24.8 Å². The Morgan fingerprint density at radius 2 is 1.73 bits per heavy atom. The number of fused-ring (bicyclic) bond motifs is 1. The van der Waals surface area contributed by atoms with Crippen molar-refractivity contribution < 1.29 is 37.4 Å². The molecule has 10 nitrogen and oxygen atoms in total. The molecule has 3 aromatic carbocycles. The number of amides is 1. The van der Waals surface area contributed by atoms with Gasteiger partial charge in [-0.2, -0.15) is 4.31 Å². The Kier molecular flexibility index (Phi) is 8.99. The number of hydroxylamine groups is 1. The third-order valence-corrected chi connectivity index (χ3v) is 8.95. The van der Waals surface area contributed by atoms with Crippen LogP contribution in [0.4, 0.5) is 0 Å². The number of benzene rings is 3. The minimum Gasteiger partial charge on any atom is -0.496 e. The molecule has 1 heterocycles. The number of carbonyl (C=O) groups excluding carboxylic acids is 1. The van der Waals surface area contributed by atoms with Crippen LogP contribution in [0.1, 0.15) is 34.7 Å². The molecule has 1 amide bonds. The molecule has 0 saturated heterocycles. The van der Waals surface area contributed by atoms with Crippen molar-refractivity contribution >= 4 is 15.9 Å². The highest BCUT2D eigenvalue weighted by Crippen LogP contribution is 2.36. The summed E-state index contributed by atoms with van der Waals surface area (Å²) in [5.41, 5.74) is 5.26. The number of nitrogens with zero attached hydrogens (tertiary/aromatic N) is 1. The number of aryl methyl sites for hydroxylation is 1. The number of hydrogen-bond acceptors (Lipinski definition) is 8. The Bertz CT molecular complexity index is 1480. The van der Waals surface area contributed by atoms with E-state index in [1.807, 2.05) is 30.3 Å². The average molecular weight is 571 g/mol. The minimum atomic E-state index is -4.36. The molecule has 2 unspecified atom stereocenters. The summed E-state index contributed by atoms with van der Waals surface area (Å²) in [6, 6.07) is 14.3. The van der Waals surface area contributed by atoms with Gasteiger partial charge in [0.15, 0.2) is 11.5 Å². The van der Waals surface area contributed by atoms with E-state index in [1.54, 1.807) is 45.0 Å². The molecule has 40 heavy (non-hydrogen) atoms. The molecule has 0 bridgehead atoms. The maximum absolute atomic E-state index is 14.4. The number of aliphatic hydroxyl groups excluding tert-OH is 1. The number of ether oxygens (including phenoxy) is 3. The Labute approximate surface area is 234 Å². The standard InChI is InChI=1S/C29H34N2O8S/c1-18-13-25(36-5)19(2)20(3)28(18)40(34,35)31(15-23-11-12-24-26(14-23)38-17-37-24)27(21(4)32)29(33)30-39-16-22-9-7-6-8-10-22/h6-14,21,27,32H,15-17H2,1-5H3,(H,30,33). The van der Waals surface area contributed by atoms with E-state index in [1.165, 1.54) is 14.0 Å². The first-order valence-corrected chi connectivity index (χ1v) is 14.2. The van der Waals surface area contributed by atoms with Gasteiger partial charge in [0, 0.05) is 6.54 Å². The van der Waals surface area contributed by atoms with E-state index in [4.69, 9.17) is 19.0 Å². The molecule has 0 aliphatic carbocycles. The number of sulfonamides is 1. The van der Waals surface area contributed by atoms with Crippen LogP contribution in [0, 0.1) is 20.8 Å². The maximum atomic E-state index is 14.4. The van der Waals surface area contributed by atoms with E-state index in [0.717, 1.165) is 9.87 Å². The summed E-state index contributed by atoms with van der Waals surface area (Å²) >= 11 is 0. The number of methoxy groups -OCH3 is 1. The molecule has 1 aliphatic rings. The van der Waals surface area contributed by atoms with Gasteiger partial charge in [-0.15, -0.1) is 0 Å². The topological polar surface area (TPSA) is 124 Å². The highest BCUT2D eigenvalue weighted by atomic mass is 32.2. The molecular formula is C29H34N2O8S. The van der Waals surface area contributed by atoms with Crippen molar-refractivity contribution in [1.82, 2.24) is 9.79 Å². The Hall–Kier alpha value is -3.64. The molecule has 3 aromatic rings. The Balaban J connectivity index is 1.74. The molecule has 0 spiro atoms. The van der Waals surface area contributed by atoms with Gasteiger partial charge in [-0.3, -0.25) is 9.63 Å². The minimum absolute atomic E-state index is 0.0372. The van der Waals surface area contributed by atoms with Crippen LogP contribution in [0.2, 0.25) is 0 Å². The van der Waals surface area contributed by atoms with Crippen LogP contribution in [0.3, 0.4) is 0 Å². The number of aliphatic hydroxyl groups is 1. The van der Waals surface area contributed by atoms with Gasteiger partial charge in [0.05, 0.1) is 24.7 Å². The van der Waals surface area contributed by atoms with Crippen molar-refractivity contribution in [2.24, 2.45) is 0 Å². The first-order chi connectivity index (χ1) is 19.0. The van der Waals surface area contributed by atoms with Gasteiger partial charge in [-0.05, 0) is 73.7 Å². The van der Waals surface area contributed by atoms with Crippen LogP contribution >= 0.6 is 0 Å². The van der Waals surface area contributed by atoms with Crippen LogP contribution in [0.15, 0.2) is 59.5 Å². The fourth-order valence-corrected chi connectivity index (χ4v) is 6.85. The van der Waals surface area contributed by atoms with E-state index >= 15 is 0 Å². The zero-order valence-corrected chi connectivity index (χ0v) is 23.9. The summed E-state index contributed by atoms with van der Waals surface area (Å²) < 4.78 is 46.1. The average Bonchev–Trinajstić information content (AvgIpc) is 3.38. The normalized spacial score (nSPS) is 14.2. The molecule has 0 aromatic heterocycles. The van der Waals surface area contributed by atoms with Gasteiger partial charge in [-0.25, -0.2) is 13.9 Å². The number of rotatable bonds is 11. The number of nitrogens with one attached hydrogen (secondary N) is 1. The second-order valence-electron chi connectivity index (χ2n) is 9.64. The molecule has 2 atom stereocenters. The predicted octanol–water partition coefficient (Wildman–Crippen LogP) is 3.54. The number of carbonyl (C=O) groups is 1. The van der Waals surface area contributed by atoms with E-state index in [0.29, 0.717) is 39.5 Å². The molecular weight excluding hydrogens is 536 g/mol. The molecule has 0 radical (unpaired) electrons. The molecule has 1 aliphatic heterocycles. The van der Waals surface area contributed by atoms with Gasteiger partial charge < -0.3 is 19.3 Å². The van der Waals surface area contributed by atoms with Crippen molar-refractivity contribution in [3.05, 3.63) is 82.4 Å². The van der Waals surface area contributed by atoms with Crippen LogP contribution in [-0.4, -0.2) is 49.8 Å².